The molecule has 0 unspecified atom stereocenters. The van der Waals surface area contributed by atoms with Gasteiger partial charge in [0, 0.05) is 32.0 Å². The van der Waals surface area contributed by atoms with Crippen molar-refractivity contribution in [3.05, 3.63) is 86.6 Å². The Morgan fingerprint density at radius 3 is 2.56 bits per heavy atom. The maximum atomic E-state index is 13.5. The van der Waals surface area contributed by atoms with Gasteiger partial charge in [-0.15, -0.1) is 0 Å². The Balaban J connectivity index is 1.91. The zero-order valence-electron chi connectivity index (χ0n) is 18.5. The number of rotatable bonds is 10. The summed E-state index contributed by atoms with van der Waals surface area (Å²) in [7, 11) is 1.52. The van der Waals surface area contributed by atoms with Crippen LogP contribution in [0.3, 0.4) is 0 Å². The van der Waals surface area contributed by atoms with Crippen LogP contribution in [0.4, 0.5) is 26.0 Å². The van der Waals surface area contributed by atoms with Gasteiger partial charge in [-0.25, -0.2) is 13.6 Å². The number of aromatic amines is 1. The molecule has 4 N–H and O–H groups in total. The summed E-state index contributed by atoms with van der Waals surface area (Å²) in [6, 6.07) is 12.0. The zero-order chi connectivity index (χ0) is 24.7. The van der Waals surface area contributed by atoms with Gasteiger partial charge >= 0.3 is 5.69 Å². The molecule has 3 rings (SSSR count). The number of nitrogens with one attached hydrogen (secondary N) is 2. The number of ether oxygens (including phenoxy) is 1. The number of aromatic nitrogens is 2. The number of nitrogens with two attached hydrogens (primary N) is 1. The van der Waals surface area contributed by atoms with Crippen molar-refractivity contribution in [1.82, 2.24) is 9.55 Å². The Kier molecular flexibility index (Phi) is 8.14. The van der Waals surface area contributed by atoms with Crippen LogP contribution < -0.4 is 27.2 Å². The number of benzene rings is 2. The number of nitrogens with zero attached hydrogens (tertiary/aromatic N) is 2. The van der Waals surface area contributed by atoms with Crippen LogP contribution in [0, 0.1) is 11.6 Å². The molecule has 0 aliphatic rings. The second kappa shape index (κ2) is 11.2. The lowest BCUT2D eigenvalue weighted by Gasteiger charge is -2.25. The molecule has 1 heterocycles. The van der Waals surface area contributed by atoms with E-state index in [4.69, 9.17) is 10.5 Å². The van der Waals surface area contributed by atoms with E-state index in [1.807, 2.05) is 30.3 Å². The lowest BCUT2D eigenvalue weighted by molar-refractivity contribution is -0.115. The predicted octanol–water partition coefficient (Wildman–Crippen LogP) is 1.93. The van der Waals surface area contributed by atoms with Crippen molar-refractivity contribution in [2.45, 2.75) is 13.0 Å². The van der Waals surface area contributed by atoms with Crippen LogP contribution in [-0.2, 0) is 16.1 Å². The number of amides is 1. The van der Waals surface area contributed by atoms with E-state index in [0.717, 1.165) is 17.7 Å². The molecule has 1 amide bonds. The predicted molar refractivity (Wildman–Crippen MR) is 125 cm³/mol. The number of hydrogen-bond acceptors (Lipinski definition) is 6. The molecule has 11 heteroatoms. The monoisotopic (exact) mass is 473 g/mol. The molecular weight excluding hydrogens is 448 g/mol. The smallest absolute Gasteiger partial charge is 0.330 e. The summed E-state index contributed by atoms with van der Waals surface area (Å²) < 4.78 is 32.9. The van der Waals surface area contributed by atoms with Gasteiger partial charge in [0.1, 0.15) is 11.5 Å². The van der Waals surface area contributed by atoms with Gasteiger partial charge < -0.3 is 20.7 Å². The minimum absolute atomic E-state index is 0.0490. The van der Waals surface area contributed by atoms with E-state index in [-0.39, 0.29) is 36.8 Å². The largest absolute Gasteiger partial charge is 0.385 e. The molecule has 0 atom stereocenters. The number of nitrogen functional groups attached to an aromatic ring is 1. The summed E-state index contributed by atoms with van der Waals surface area (Å²) in [5.74, 6) is -2.85. The van der Waals surface area contributed by atoms with Crippen LogP contribution in [0.25, 0.3) is 0 Å². The highest BCUT2D eigenvalue weighted by atomic mass is 19.2. The molecule has 180 valence electrons. The lowest BCUT2D eigenvalue weighted by atomic mass is 10.2. The van der Waals surface area contributed by atoms with Crippen LogP contribution in [0.1, 0.15) is 12.0 Å². The fourth-order valence-corrected chi connectivity index (χ4v) is 3.42. The van der Waals surface area contributed by atoms with Crippen molar-refractivity contribution in [3.8, 4) is 0 Å². The molecule has 0 aliphatic heterocycles. The molecule has 0 fully saturated rings. The average molecular weight is 473 g/mol. The lowest BCUT2D eigenvalue weighted by Crippen LogP contribution is -2.42. The minimum atomic E-state index is -1.11. The van der Waals surface area contributed by atoms with Gasteiger partial charge in [0.05, 0.1) is 13.1 Å². The summed E-state index contributed by atoms with van der Waals surface area (Å²) in [6.07, 6.45) is 0.450. The summed E-state index contributed by atoms with van der Waals surface area (Å²) in [4.78, 5) is 41.5. The second-order valence-corrected chi connectivity index (χ2v) is 7.51. The first-order chi connectivity index (χ1) is 16.3. The minimum Gasteiger partial charge on any atom is -0.385 e. The highest BCUT2D eigenvalue weighted by Crippen LogP contribution is 2.19. The van der Waals surface area contributed by atoms with Crippen molar-refractivity contribution < 1.29 is 18.3 Å². The Bertz CT molecular complexity index is 1260. The van der Waals surface area contributed by atoms with Gasteiger partial charge in [0.2, 0.25) is 5.91 Å². The van der Waals surface area contributed by atoms with E-state index in [1.54, 1.807) is 0 Å². The van der Waals surface area contributed by atoms with E-state index in [2.05, 4.69) is 10.3 Å². The van der Waals surface area contributed by atoms with Gasteiger partial charge in [-0.1, -0.05) is 30.3 Å². The van der Waals surface area contributed by atoms with Gasteiger partial charge in [0.25, 0.3) is 5.56 Å². The fourth-order valence-electron chi connectivity index (χ4n) is 3.42. The Morgan fingerprint density at radius 2 is 1.88 bits per heavy atom. The van der Waals surface area contributed by atoms with Gasteiger partial charge in [-0.2, -0.15) is 0 Å². The average Bonchev–Trinajstić information content (AvgIpc) is 2.79. The van der Waals surface area contributed by atoms with Crippen molar-refractivity contribution in [1.29, 1.82) is 0 Å². The Labute approximate surface area is 193 Å². The zero-order valence-corrected chi connectivity index (χ0v) is 18.5. The maximum Gasteiger partial charge on any atom is 0.330 e. The first-order valence-electron chi connectivity index (χ1n) is 10.5. The first kappa shape index (κ1) is 24.6. The molecule has 0 aliphatic carbocycles. The van der Waals surface area contributed by atoms with Gasteiger partial charge in [0.15, 0.2) is 11.6 Å². The van der Waals surface area contributed by atoms with E-state index < -0.39 is 28.8 Å². The van der Waals surface area contributed by atoms with Crippen LogP contribution in [0.15, 0.2) is 58.1 Å². The number of hydrogen-bond donors (Lipinski definition) is 3. The summed E-state index contributed by atoms with van der Waals surface area (Å²) in [5.41, 5.74) is 5.61. The van der Waals surface area contributed by atoms with Crippen molar-refractivity contribution >= 4 is 23.1 Å². The summed E-state index contributed by atoms with van der Waals surface area (Å²) >= 11 is 0. The van der Waals surface area contributed by atoms with E-state index >= 15 is 0 Å². The SMILES string of the molecule is COCCCN(CC(=O)Nc1ccc(F)c(F)c1)c1c(N)n(Cc2ccccc2)c(=O)[nH]c1=O. The third kappa shape index (κ3) is 6.07. The molecule has 0 radical (unpaired) electrons. The van der Waals surface area contributed by atoms with Crippen molar-refractivity contribution in [2.75, 3.05) is 42.8 Å². The third-order valence-electron chi connectivity index (χ3n) is 5.03. The number of methoxy groups -OCH3 is 1. The Hall–Kier alpha value is -3.99. The highest BCUT2D eigenvalue weighted by molar-refractivity contribution is 5.94. The molecule has 3 aromatic rings. The third-order valence-corrected chi connectivity index (χ3v) is 5.03. The van der Waals surface area contributed by atoms with E-state index in [1.165, 1.54) is 22.6 Å². The fraction of sp³-hybridized carbons (Fsp3) is 0.261. The maximum absolute atomic E-state index is 13.5. The number of carbonyl (C=O) groups excluding carboxylic acids is 1. The molecule has 34 heavy (non-hydrogen) atoms. The highest BCUT2D eigenvalue weighted by Gasteiger charge is 2.21. The van der Waals surface area contributed by atoms with Crippen molar-refractivity contribution in [2.24, 2.45) is 0 Å². The van der Waals surface area contributed by atoms with E-state index in [9.17, 15) is 23.2 Å². The molecule has 1 aromatic heterocycles. The first-order valence-corrected chi connectivity index (χ1v) is 10.5. The quantitative estimate of drug-likeness (QED) is 0.387. The van der Waals surface area contributed by atoms with Crippen LogP contribution in [0.2, 0.25) is 0 Å². The van der Waals surface area contributed by atoms with Gasteiger partial charge in [-0.05, 0) is 24.1 Å². The number of carbonyl (C=O) groups is 1. The molecule has 0 saturated carbocycles. The molecular formula is C23H25F2N5O4. The summed E-state index contributed by atoms with van der Waals surface area (Å²) in [5, 5.41) is 2.47. The van der Waals surface area contributed by atoms with E-state index in [0.29, 0.717) is 13.0 Å². The van der Waals surface area contributed by atoms with Gasteiger partial charge in [-0.3, -0.25) is 19.1 Å². The summed E-state index contributed by atoms with van der Waals surface area (Å²) in [6.45, 7) is 0.334. The molecule has 2 aromatic carbocycles. The van der Waals surface area contributed by atoms with Crippen LogP contribution in [-0.4, -0.2) is 42.3 Å². The molecule has 0 bridgehead atoms. The second-order valence-electron chi connectivity index (χ2n) is 7.51. The number of halogens is 2. The molecule has 9 nitrogen and oxygen atoms in total. The van der Waals surface area contributed by atoms with Crippen LogP contribution in [0.5, 0.6) is 0 Å². The van der Waals surface area contributed by atoms with Crippen molar-refractivity contribution in [3.63, 3.8) is 0 Å². The standard InChI is InChI=1S/C23H25F2N5O4/c1-34-11-5-10-29(14-19(31)27-16-8-9-17(24)18(25)12-16)20-21(26)30(23(33)28-22(20)32)13-15-6-3-2-4-7-15/h2-4,6-9,12H,5,10-11,13-14,26H2,1H3,(H,27,31)(H,28,32,33). The molecule has 0 saturated heterocycles. The Morgan fingerprint density at radius 1 is 1.15 bits per heavy atom. The van der Waals surface area contributed by atoms with Crippen LogP contribution >= 0.6 is 0 Å². The molecule has 0 spiro atoms. The number of anilines is 3. The number of H-pyrrole nitrogens is 1. The topological polar surface area (TPSA) is 122 Å². The normalized spacial score (nSPS) is 10.8.